The summed E-state index contributed by atoms with van der Waals surface area (Å²) in [7, 11) is 0. The molecule has 1 unspecified atom stereocenters. The molecule has 4 aromatic rings. The van der Waals surface area contributed by atoms with Crippen LogP contribution in [0.15, 0.2) is 108 Å². The van der Waals surface area contributed by atoms with Gasteiger partial charge in [-0.05, 0) is 60.9 Å². The normalized spacial score (nSPS) is 16.4. The maximum atomic E-state index is 14.7. The van der Waals surface area contributed by atoms with Crippen molar-refractivity contribution in [3.05, 3.63) is 131 Å². The minimum Gasteiger partial charge on any atom is -0.454 e. The summed E-state index contributed by atoms with van der Waals surface area (Å²) < 4.78 is 20.6. The fraction of sp³-hybridized carbons (Fsp3) is 0.125. The Balaban J connectivity index is 1.40. The van der Waals surface area contributed by atoms with Crippen LogP contribution >= 0.6 is 0 Å². The Morgan fingerprint density at radius 1 is 0.816 bits per heavy atom. The maximum Gasteiger partial charge on any atom is 0.193 e. The van der Waals surface area contributed by atoms with E-state index in [-0.39, 0.29) is 17.3 Å². The highest BCUT2D eigenvalue weighted by Crippen LogP contribution is 2.42. The minimum atomic E-state index is -0.513. The van der Waals surface area contributed by atoms with Gasteiger partial charge in [0.25, 0.3) is 0 Å². The number of halogens is 1. The van der Waals surface area contributed by atoms with Crippen molar-refractivity contribution in [1.29, 1.82) is 0 Å². The molecule has 4 aromatic carbocycles. The molecule has 6 rings (SSSR count). The molecule has 2 aliphatic rings. The third kappa shape index (κ3) is 4.57. The van der Waals surface area contributed by atoms with Gasteiger partial charge >= 0.3 is 0 Å². The summed E-state index contributed by atoms with van der Waals surface area (Å²) in [4.78, 5) is 26.3. The molecule has 0 bridgehead atoms. The van der Waals surface area contributed by atoms with Crippen LogP contribution in [0.5, 0.6) is 11.5 Å². The lowest BCUT2D eigenvalue weighted by molar-refractivity contribution is -0.116. The van der Waals surface area contributed by atoms with Crippen molar-refractivity contribution in [3.63, 3.8) is 0 Å². The smallest absolute Gasteiger partial charge is 0.193 e. The Kier molecular flexibility index (Phi) is 6.22. The lowest BCUT2D eigenvalue weighted by Gasteiger charge is -2.25. The van der Waals surface area contributed by atoms with Crippen molar-refractivity contribution in [2.75, 3.05) is 10.6 Å². The molecule has 5 nitrogen and oxygen atoms in total. The Morgan fingerprint density at radius 2 is 1.58 bits per heavy atom. The van der Waals surface area contributed by atoms with E-state index in [1.807, 2.05) is 48.5 Å². The number of carbonyl (C=O) groups is 2. The molecule has 188 valence electrons. The first kappa shape index (κ1) is 23.7. The second-order valence-corrected chi connectivity index (χ2v) is 9.43. The van der Waals surface area contributed by atoms with Gasteiger partial charge in [-0.25, -0.2) is 4.39 Å². The number of para-hydroxylation sites is 1. The Bertz CT molecular complexity index is 1560. The largest absolute Gasteiger partial charge is 0.454 e. The van der Waals surface area contributed by atoms with Crippen LogP contribution in [0.25, 0.3) is 0 Å². The van der Waals surface area contributed by atoms with Gasteiger partial charge in [0.1, 0.15) is 5.75 Å². The van der Waals surface area contributed by atoms with Crippen molar-refractivity contribution in [2.45, 2.75) is 25.3 Å². The molecular formula is C32H25FN2O3. The molecule has 6 heteroatoms. The lowest BCUT2D eigenvalue weighted by Crippen LogP contribution is -2.23. The molecule has 1 aliphatic heterocycles. The fourth-order valence-electron chi connectivity index (χ4n) is 5.03. The average molecular weight is 505 g/mol. The Hall–Kier alpha value is -4.71. The van der Waals surface area contributed by atoms with Gasteiger partial charge in [-0.1, -0.05) is 54.6 Å². The summed E-state index contributed by atoms with van der Waals surface area (Å²) in [6, 6.07) is 27.8. The number of hydrogen-bond donors (Lipinski definition) is 2. The third-order valence-corrected chi connectivity index (χ3v) is 6.91. The number of allylic oxidation sites excluding steroid dienone is 1. The number of ether oxygens (including phenoxy) is 1. The second kappa shape index (κ2) is 9.98. The zero-order valence-electron chi connectivity index (χ0n) is 20.5. The fourth-order valence-corrected chi connectivity index (χ4v) is 5.03. The van der Waals surface area contributed by atoms with Crippen LogP contribution in [0.2, 0.25) is 0 Å². The van der Waals surface area contributed by atoms with Gasteiger partial charge in [0.05, 0.1) is 17.4 Å². The number of ketones is 2. The molecule has 2 N–H and O–H groups in total. The van der Waals surface area contributed by atoms with Gasteiger partial charge < -0.3 is 15.4 Å². The molecule has 1 atom stereocenters. The van der Waals surface area contributed by atoms with Crippen LogP contribution in [0.4, 0.5) is 15.8 Å². The summed E-state index contributed by atoms with van der Waals surface area (Å²) in [5.74, 6) is 0.0828. The molecule has 1 aliphatic carbocycles. The zero-order valence-corrected chi connectivity index (χ0v) is 20.5. The van der Waals surface area contributed by atoms with Gasteiger partial charge in [0.2, 0.25) is 0 Å². The molecule has 0 radical (unpaired) electrons. The predicted molar refractivity (Wildman–Crippen MR) is 145 cm³/mol. The zero-order chi connectivity index (χ0) is 26.1. The van der Waals surface area contributed by atoms with E-state index in [1.54, 1.807) is 42.5 Å². The maximum absolute atomic E-state index is 14.7. The topological polar surface area (TPSA) is 67.4 Å². The summed E-state index contributed by atoms with van der Waals surface area (Å²) in [6.07, 6.45) is 1.88. The first-order chi connectivity index (χ1) is 18.6. The van der Waals surface area contributed by atoms with Gasteiger partial charge in [-0.3, -0.25) is 9.59 Å². The molecular weight excluding hydrogens is 479 g/mol. The number of carbonyl (C=O) groups excluding carboxylic acids is 2. The SMILES string of the molecule is O=C1CCCC2=C1C(c1ccc(F)c(Oc3ccccc3)c1)Nc1ccc(C(=O)c3ccccc3)cc1N2. The monoisotopic (exact) mass is 504 g/mol. The molecule has 1 heterocycles. The highest BCUT2D eigenvalue weighted by molar-refractivity contribution is 6.10. The minimum absolute atomic E-state index is 0.0412. The van der Waals surface area contributed by atoms with E-state index in [2.05, 4.69) is 10.6 Å². The molecule has 0 spiro atoms. The summed E-state index contributed by atoms with van der Waals surface area (Å²) in [6.45, 7) is 0. The van der Waals surface area contributed by atoms with E-state index in [4.69, 9.17) is 4.74 Å². The van der Waals surface area contributed by atoms with Crippen LogP contribution in [-0.2, 0) is 4.79 Å². The number of Topliss-reactive ketones (excluding diaryl/α,β-unsaturated/α-hetero) is 1. The predicted octanol–water partition coefficient (Wildman–Crippen LogP) is 7.43. The average Bonchev–Trinajstić information content (AvgIpc) is 3.12. The highest BCUT2D eigenvalue weighted by atomic mass is 19.1. The van der Waals surface area contributed by atoms with E-state index in [0.29, 0.717) is 40.9 Å². The summed E-state index contributed by atoms with van der Waals surface area (Å²) in [5, 5.41) is 6.93. The van der Waals surface area contributed by atoms with Crippen molar-refractivity contribution in [3.8, 4) is 11.5 Å². The van der Waals surface area contributed by atoms with Crippen LogP contribution in [0.1, 0.15) is 46.8 Å². The molecule has 0 aromatic heterocycles. The molecule has 0 saturated carbocycles. The number of nitrogens with one attached hydrogen (secondary N) is 2. The standard InChI is InChI=1S/C32H25FN2O3/c33-24-16-14-21(19-29(24)38-23-10-5-2-6-11-23)31-30-26(12-7-13-28(30)36)34-27-18-22(15-17-25(27)35-31)32(37)20-8-3-1-4-9-20/h1-6,8-11,14-19,31,34-35H,7,12-13H2. The van der Waals surface area contributed by atoms with Crippen LogP contribution in [0.3, 0.4) is 0 Å². The first-order valence-electron chi connectivity index (χ1n) is 12.6. The third-order valence-electron chi connectivity index (χ3n) is 6.91. The van der Waals surface area contributed by atoms with Gasteiger partial charge in [-0.15, -0.1) is 0 Å². The van der Waals surface area contributed by atoms with E-state index in [0.717, 1.165) is 23.5 Å². The number of hydrogen-bond acceptors (Lipinski definition) is 5. The van der Waals surface area contributed by atoms with Gasteiger partial charge in [0, 0.05) is 28.8 Å². The summed E-state index contributed by atoms with van der Waals surface area (Å²) in [5.41, 5.74) is 4.77. The molecule has 0 fully saturated rings. The lowest BCUT2D eigenvalue weighted by atomic mass is 9.86. The number of fused-ring (bicyclic) bond motifs is 1. The number of anilines is 2. The van der Waals surface area contributed by atoms with Crippen molar-refractivity contribution in [1.82, 2.24) is 0 Å². The quantitative estimate of drug-likeness (QED) is 0.277. The second-order valence-electron chi connectivity index (χ2n) is 9.43. The van der Waals surface area contributed by atoms with E-state index >= 15 is 0 Å². The number of rotatable bonds is 5. The summed E-state index contributed by atoms with van der Waals surface area (Å²) >= 11 is 0. The van der Waals surface area contributed by atoms with Crippen LogP contribution in [0, 0.1) is 5.82 Å². The molecule has 0 amide bonds. The van der Waals surface area contributed by atoms with E-state index < -0.39 is 11.9 Å². The van der Waals surface area contributed by atoms with Gasteiger partial charge in [-0.2, -0.15) is 0 Å². The van der Waals surface area contributed by atoms with Crippen molar-refractivity contribution >= 4 is 22.9 Å². The Morgan fingerprint density at radius 3 is 2.37 bits per heavy atom. The molecule has 0 saturated heterocycles. The van der Waals surface area contributed by atoms with Crippen LogP contribution in [-0.4, -0.2) is 11.6 Å². The van der Waals surface area contributed by atoms with Crippen molar-refractivity contribution < 1.29 is 18.7 Å². The van der Waals surface area contributed by atoms with E-state index in [9.17, 15) is 14.0 Å². The first-order valence-corrected chi connectivity index (χ1v) is 12.6. The van der Waals surface area contributed by atoms with E-state index in [1.165, 1.54) is 6.07 Å². The highest BCUT2D eigenvalue weighted by Gasteiger charge is 2.33. The molecule has 38 heavy (non-hydrogen) atoms. The van der Waals surface area contributed by atoms with Gasteiger partial charge in [0.15, 0.2) is 23.1 Å². The number of benzene rings is 4. The van der Waals surface area contributed by atoms with Crippen LogP contribution < -0.4 is 15.4 Å². The Labute approximate surface area is 220 Å². The van der Waals surface area contributed by atoms with Crippen molar-refractivity contribution in [2.24, 2.45) is 0 Å².